The summed E-state index contributed by atoms with van der Waals surface area (Å²) in [4.78, 5) is 11.4. The Bertz CT molecular complexity index is 348. The Labute approximate surface area is 84.0 Å². The zero-order chi connectivity index (χ0) is 9.42. The highest BCUT2D eigenvalue weighted by atomic mass is 79.9. The van der Waals surface area contributed by atoms with Gasteiger partial charge < -0.3 is 14.6 Å². The number of hydrogen-bond donors (Lipinski definition) is 1. The van der Waals surface area contributed by atoms with Crippen molar-refractivity contribution in [2.24, 2.45) is 0 Å². The van der Waals surface area contributed by atoms with Gasteiger partial charge in [-0.15, -0.1) is 0 Å². The summed E-state index contributed by atoms with van der Waals surface area (Å²) in [5.74, 6) is -0.0484. The summed E-state index contributed by atoms with van der Waals surface area (Å²) >= 11 is 3.32. The Balaban J connectivity index is 2.34. The van der Waals surface area contributed by atoms with E-state index < -0.39 is 0 Å². The average Bonchev–Trinajstić information content (AvgIpc) is 2.55. The molecule has 1 amide bonds. The summed E-state index contributed by atoms with van der Waals surface area (Å²) in [5, 5.41) is 2.81. The third kappa shape index (κ3) is 1.38. The number of halogens is 1. The largest absolute Gasteiger partial charge is 0.381 e. The average molecular weight is 245 g/mol. The first-order chi connectivity index (χ1) is 6.22. The molecule has 13 heavy (non-hydrogen) atoms. The summed E-state index contributed by atoms with van der Waals surface area (Å²) in [6.45, 7) is 0.486. The maximum atomic E-state index is 11.4. The highest BCUT2D eigenvalue weighted by Crippen LogP contribution is 2.23. The van der Waals surface area contributed by atoms with E-state index in [0.717, 1.165) is 4.47 Å². The van der Waals surface area contributed by atoms with Crippen molar-refractivity contribution >= 4 is 21.8 Å². The Morgan fingerprint density at radius 1 is 1.77 bits per heavy atom. The smallest absolute Gasteiger partial charge is 0.269 e. The summed E-state index contributed by atoms with van der Waals surface area (Å²) in [6, 6.07) is 1.80. The predicted octanol–water partition coefficient (Wildman–Crippen LogP) is 1.14. The topological polar surface area (TPSA) is 43.3 Å². The normalized spacial score (nSPS) is 20.2. The molecule has 1 aliphatic rings. The summed E-state index contributed by atoms with van der Waals surface area (Å²) in [7, 11) is 1.61. The summed E-state index contributed by atoms with van der Waals surface area (Å²) in [5.41, 5.74) is 0.675. The first-order valence-electron chi connectivity index (χ1n) is 3.89. The molecule has 1 aliphatic heterocycles. The zero-order valence-corrected chi connectivity index (χ0v) is 8.67. The first-order valence-corrected chi connectivity index (χ1v) is 4.69. The first kappa shape index (κ1) is 8.77. The number of carbonyl (C=O) groups is 1. The lowest BCUT2D eigenvalue weighted by atomic mass is 10.4. The van der Waals surface area contributed by atoms with Gasteiger partial charge in [0.2, 0.25) is 0 Å². The molecule has 1 N–H and O–H groups in total. The minimum Gasteiger partial charge on any atom is -0.381 e. The Morgan fingerprint density at radius 3 is 3.23 bits per heavy atom. The van der Waals surface area contributed by atoms with Crippen molar-refractivity contribution in [3.63, 3.8) is 0 Å². The van der Waals surface area contributed by atoms with E-state index in [1.54, 1.807) is 13.2 Å². The van der Waals surface area contributed by atoms with Crippen LogP contribution in [-0.2, 0) is 4.74 Å². The molecule has 0 aromatic carbocycles. The van der Waals surface area contributed by atoms with E-state index >= 15 is 0 Å². The number of fused-ring (bicyclic) bond motifs is 1. The molecule has 70 valence electrons. The molecule has 1 aromatic heterocycles. The molecule has 0 bridgehead atoms. The van der Waals surface area contributed by atoms with Gasteiger partial charge in [-0.25, -0.2) is 0 Å². The van der Waals surface area contributed by atoms with E-state index in [2.05, 4.69) is 21.2 Å². The number of methoxy groups -OCH3 is 1. The van der Waals surface area contributed by atoms with Crippen LogP contribution < -0.4 is 5.32 Å². The Morgan fingerprint density at radius 2 is 2.54 bits per heavy atom. The van der Waals surface area contributed by atoms with E-state index in [1.807, 2.05) is 10.8 Å². The van der Waals surface area contributed by atoms with Gasteiger partial charge in [0.05, 0.1) is 6.61 Å². The van der Waals surface area contributed by atoms with E-state index in [1.165, 1.54) is 0 Å². The van der Waals surface area contributed by atoms with Crippen LogP contribution in [0.2, 0.25) is 0 Å². The quantitative estimate of drug-likeness (QED) is 0.848. The number of ether oxygens (including phenoxy) is 1. The number of nitrogens with zero attached hydrogens (tertiary/aromatic N) is 1. The molecule has 0 saturated carbocycles. The number of nitrogens with one attached hydrogen (secondary N) is 1. The Kier molecular flexibility index (Phi) is 2.13. The molecule has 2 rings (SSSR count). The molecular weight excluding hydrogens is 236 g/mol. The van der Waals surface area contributed by atoms with Crippen molar-refractivity contribution in [2.45, 2.75) is 6.17 Å². The lowest BCUT2D eigenvalue weighted by Crippen LogP contribution is -2.24. The number of rotatable bonds is 2. The fraction of sp³-hybridized carbons (Fsp3) is 0.375. The zero-order valence-electron chi connectivity index (χ0n) is 7.08. The van der Waals surface area contributed by atoms with Crippen LogP contribution in [0, 0.1) is 0 Å². The van der Waals surface area contributed by atoms with Crippen molar-refractivity contribution in [2.75, 3.05) is 13.7 Å². The van der Waals surface area contributed by atoms with Gasteiger partial charge in [-0.05, 0) is 22.0 Å². The van der Waals surface area contributed by atoms with E-state index in [4.69, 9.17) is 4.74 Å². The maximum absolute atomic E-state index is 11.4. The maximum Gasteiger partial charge on any atom is 0.269 e. The number of hydrogen-bond acceptors (Lipinski definition) is 2. The van der Waals surface area contributed by atoms with Crippen LogP contribution in [0.5, 0.6) is 0 Å². The lowest BCUT2D eigenvalue weighted by Gasteiger charge is -2.11. The molecule has 0 saturated heterocycles. The molecule has 0 radical (unpaired) electrons. The molecular formula is C8H9BrN2O2. The van der Waals surface area contributed by atoms with Crippen LogP contribution in [-0.4, -0.2) is 24.2 Å². The molecule has 0 fully saturated rings. The van der Waals surface area contributed by atoms with E-state index in [-0.39, 0.29) is 12.1 Å². The number of aromatic nitrogens is 1. The van der Waals surface area contributed by atoms with Gasteiger partial charge in [-0.1, -0.05) is 0 Å². The minimum absolute atomic E-state index is 0.0484. The number of carbonyl (C=O) groups excluding carboxylic acids is 1. The summed E-state index contributed by atoms with van der Waals surface area (Å²) < 4.78 is 7.78. The van der Waals surface area contributed by atoms with Crippen LogP contribution in [0.1, 0.15) is 16.7 Å². The van der Waals surface area contributed by atoms with Gasteiger partial charge in [-0.2, -0.15) is 0 Å². The third-order valence-corrected chi connectivity index (χ3v) is 2.44. The van der Waals surface area contributed by atoms with Crippen LogP contribution in [0.25, 0.3) is 0 Å². The highest BCUT2D eigenvalue weighted by molar-refractivity contribution is 9.10. The molecule has 0 spiro atoms. The highest BCUT2D eigenvalue weighted by Gasteiger charge is 2.27. The molecule has 0 unspecified atom stereocenters. The fourth-order valence-electron chi connectivity index (χ4n) is 1.46. The second-order valence-electron chi connectivity index (χ2n) is 2.90. The van der Waals surface area contributed by atoms with E-state index in [0.29, 0.717) is 12.3 Å². The van der Waals surface area contributed by atoms with Crippen LogP contribution in [0.4, 0.5) is 0 Å². The number of amides is 1. The molecule has 4 nitrogen and oxygen atoms in total. The minimum atomic E-state index is -0.0706. The van der Waals surface area contributed by atoms with Crippen molar-refractivity contribution in [3.8, 4) is 0 Å². The van der Waals surface area contributed by atoms with Crippen LogP contribution in [0.15, 0.2) is 16.7 Å². The molecule has 1 aromatic rings. The molecule has 1 atom stereocenters. The van der Waals surface area contributed by atoms with Gasteiger partial charge in [-0.3, -0.25) is 4.79 Å². The van der Waals surface area contributed by atoms with Crippen molar-refractivity contribution in [1.29, 1.82) is 0 Å². The van der Waals surface area contributed by atoms with E-state index in [9.17, 15) is 4.79 Å². The summed E-state index contributed by atoms with van der Waals surface area (Å²) in [6.07, 6.45) is 1.80. The van der Waals surface area contributed by atoms with Gasteiger partial charge in [0.1, 0.15) is 11.9 Å². The lowest BCUT2D eigenvalue weighted by molar-refractivity contribution is 0.0917. The molecule has 5 heteroatoms. The van der Waals surface area contributed by atoms with Crippen molar-refractivity contribution < 1.29 is 9.53 Å². The van der Waals surface area contributed by atoms with Gasteiger partial charge in [0.25, 0.3) is 5.91 Å². The predicted molar refractivity (Wildman–Crippen MR) is 50.5 cm³/mol. The van der Waals surface area contributed by atoms with Gasteiger partial charge >= 0.3 is 0 Å². The van der Waals surface area contributed by atoms with Crippen LogP contribution >= 0.6 is 15.9 Å². The van der Waals surface area contributed by atoms with Crippen LogP contribution in [0.3, 0.4) is 0 Å². The second-order valence-corrected chi connectivity index (χ2v) is 3.81. The van der Waals surface area contributed by atoms with Crippen molar-refractivity contribution in [1.82, 2.24) is 9.88 Å². The SMILES string of the molecule is COC[C@@H]1NC(=O)c2cc(Br)cn21. The third-order valence-electron chi connectivity index (χ3n) is 2.01. The van der Waals surface area contributed by atoms with Gasteiger partial charge in [0, 0.05) is 17.8 Å². The van der Waals surface area contributed by atoms with Crippen molar-refractivity contribution in [3.05, 3.63) is 22.4 Å². The Hall–Kier alpha value is -0.810. The van der Waals surface area contributed by atoms with Gasteiger partial charge in [0.15, 0.2) is 0 Å². The second kappa shape index (κ2) is 3.16. The fourth-order valence-corrected chi connectivity index (χ4v) is 1.90. The monoisotopic (exact) mass is 244 g/mol. The molecule has 2 heterocycles. The molecule has 0 aliphatic carbocycles. The standard InChI is InChI=1S/C8H9BrN2O2/c1-13-4-7-10-8(12)6-2-5(9)3-11(6)7/h2-3,7H,4H2,1H3,(H,10,12)/t7-/m1/s1.